The van der Waals surface area contributed by atoms with Crippen LogP contribution in [0, 0.1) is 0 Å². The molecule has 1 atom stereocenters. The molecular formula is C7H8ClOP. The maximum absolute atomic E-state index is 11.2. The van der Waals surface area contributed by atoms with E-state index in [-0.39, 0.29) is 0 Å². The molecule has 0 unspecified atom stereocenters. The monoisotopic (exact) mass is 174 g/mol. The van der Waals surface area contributed by atoms with Crippen LogP contribution in [0.3, 0.4) is 0 Å². The zero-order valence-electron chi connectivity index (χ0n) is 5.62. The van der Waals surface area contributed by atoms with E-state index in [1.54, 1.807) is 18.8 Å². The van der Waals surface area contributed by atoms with E-state index in [1.165, 1.54) is 0 Å². The van der Waals surface area contributed by atoms with Crippen molar-refractivity contribution in [2.75, 3.05) is 6.66 Å². The van der Waals surface area contributed by atoms with Gasteiger partial charge < -0.3 is 4.57 Å². The van der Waals surface area contributed by atoms with Crippen molar-refractivity contribution in [2.24, 2.45) is 0 Å². The summed E-state index contributed by atoms with van der Waals surface area (Å²) in [6, 6.07) is 9.07. The standard InChI is InChI=1S/C7H8ClOP/c1-10(8,9)7-5-3-2-4-6-7/h2-6H,1H3/t10-/m1/s1. The van der Waals surface area contributed by atoms with E-state index in [0.717, 1.165) is 5.30 Å². The van der Waals surface area contributed by atoms with E-state index in [2.05, 4.69) is 0 Å². The molecule has 0 bridgehead atoms. The molecule has 0 aliphatic carbocycles. The number of hydrogen-bond acceptors (Lipinski definition) is 1. The molecule has 0 aromatic heterocycles. The Kier molecular flexibility index (Phi) is 2.18. The average molecular weight is 175 g/mol. The van der Waals surface area contributed by atoms with E-state index in [9.17, 15) is 4.57 Å². The second-order valence-electron chi connectivity index (χ2n) is 2.16. The largest absolute Gasteiger partial charge is 0.302 e. The van der Waals surface area contributed by atoms with E-state index in [0.29, 0.717) is 0 Å². The first kappa shape index (κ1) is 7.84. The van der Waals surface area contributed by atoms with Crippen molar-refractivity contribution >= 4 is 23.0 Å². The van der Waals surface area contributed by atoms with E-state index >= 15 is 0 Å². The Bertz CT molecular complexity index is 252. The number of hydrogen-bond donors (Lipinski definition) is 0. The third-order valence-corrected chi connectivity index (χ3v) is 3.02. The molecule has 0 spiro atoms. The van der Waals surface area contributed by atoms with Gasteiger partial charge in [0.25, 0.3) is 0 Å². The van der Waals surface area contributed by atoms with Crippen molar-refractivity contribution in [3.8, 4) is 0 Å². The number of rotatable bonds is 1. The molecule has 0 aliphatic heterocycles. The molecule has 3 heteroatoms. The van der Waals surface area contributed by atoms with Gasteiger partial charge in [0.1, 0.15) is 0 Å². The second kappa shape index (κ2) is 2.77. The minimum absolute atomic E-state index is 0.719. The lowest BCUT2D eigenvalue weighted by Crippen LogP contribution is -1.96. The van der Waals surface area contributed by atoms with Gasteiger partial charge in [-0.2, -0.15) is 0 Å². The van der Waals surface area contributed by atoms with E-state index in [1.807, 2.05) is 18.2 Å². The summed E-state index contributed by atoms with van der Waals surface area (Å²) in [5, 5.41) is 0.719. The van der Waals surface area contributed by atoms with E-state index < -0.39 is 6.49 Å². The summed E-state index contributed by atoms with van der Waals surface area (Å²) in [6.07, 6.45) is 0. The minimum atomic E-state index is -2.55. The topological polar surface area (TPSA) is 17.1 Å². The van der Waals surface area contributed by atoms with Crippen LogP contribution in [-0.4, -0.2) is 6.66 Å². The molecule has 1 aromatic carbocycles. The van der Waals surface area contributed by atoms with Crippen molar-refractivity contribution in [3.63, 3.8) is 0 Å². The maximum Gasteiger partial charge on any atom is 0.194 e. The Morgan fingerprint density at radius 3 is 2.10 bits per heavy atom. The summed E-state index contributed by atoms with van der Waals surface area (Å²) in [6.45, 7) is -1.00. The normalized spacial score (nSPS) is 16.2. The van der Waals surface area contributed by atoms with Crippen molar-refractivity contribution in [2.45, 2.75) is 0 Å². The number of halogens is 1. The highest BCUT2D eigenvalue weighted by Crippen LogP contribution is 2.45. The predicted molar refractivity (Wildman–Crippen MR) is 45.5 cm³/mol. The predicted octanol–water partition coefficient (Wildman–Crippen LogP) is 2.46. The SMILES string of the molecule is C[P@](=O)(Cl)c1ccccc1. The minimum Gasteiger partial charge on any atom is -0.302 e. The van der Waals surface area contributed by atoms with Gasteiger partial charge in [-0.25, -0.2) is 0 Å². The highest BCUT2D eigenvalue weighted by Gasteiger charge is 2.11. The average Bonchev–Trinajstić information content (AvgIpc) is 1.88. The van der Waals surface area contributed by atoms with Crippen LogP contribution >= 0.6 is 17.7 Å². The first-order chi connectivity index (χ1) is 4.61. The van der Waals surface area contributed by atoms with E-state index in [4.69, 9.17) is 11.2 Å². The molecule has 10 heavy (non-hydrogen) atoms. The van der Waals surface area contributed by atoms with Gasteiger partial charge in [0.2, 0.25) is 0 Å². The zero-order valence-corrected chi connectivity index (χ0v) is 7.27. The van der Waals surface area contributed by atoms with Crippen LogP contribution in [-0.2, 0) is 4.57 Å². The Morgan fingerprint density at radius 1 is 1.30 bits per heavy atom. The van der Waals surface area contributed by atoms with Crippen molar-refractivity contribution in [1.29, 1.82) is 0 Å². The van der Waals surface area contributed by atoms with Crippen LogP contribution in [0.4, 0.5) is 0 Å². The maximum atomic E-state index is 11.2. The summed E-state index contributed by atoms with van der Waals surface area (Å²) in [7, 11) is 0. The third-order valence-electron chi connectivity index (χ3n) is 1.22. The highest BCUT2D eigenvalue weighted by atomic mass is 35.7. The van der Waals surface area contributed by atoms with Crippen LogP contribution < -0.4 is 5.30 Å². The molecule has 1 nitrogen and oxygen atoms in total. The molecular weight excluding hydrogens is 167 g/mol. The molecule has 0 saturated heterocycles. The fourth-order valence-electron chi connectivity index (χ4n) is 0.694. The van der Waals surface area contributed by atoms with Crippen LogP contribution in [0.1, 0.15) is 0 Å². The fourth-order valence-corrected chi connectivity index (χ4v) is 1.74. The fraction of sp³-hybridized carbons (Fsp3) is 0.143. The summed E-state index contributed by atoms with van der Waals surface area (Å²) in [5.74, 6) is 0. The molecule has 0 N–H and O–H groups in total. The van der Waals surface area contributed by atoms with Crippen LogP contribution in [0.25, 0.3) is 0 Å². The molecule has 0 amide bonds. The first-order valence-electron chi connectivity index (χ1n) is 2.93. The van der Waals surface area contributed by atoms with Gasteiger partial charge in [-0.3, -0.25) is 0 Å². The third kappa shape index (κ3) is 1.86. The second-order valence-corrected chi connectivity index (χ2v) is 6.25. The lowest BCUT2D eigenvalue weighted by molar-refractivity contribution is 0.593. The molecule has 54 valence electrons. The molecule has 0 fully saturated rings. The van der Waals surface area contributed by atoms with Crippen molar-refractivity contribution in [3.05, 3.63) is 30.3 Å². The Labute approximate surface area is 65.2 Å². The van der Waals surface area contributed by atoms with Gasteiger partial charge in [-0.1, -0.05) is 30.3 Å². The summed E-state index contributed by atoms with van der Waals surface area (Å²) in [5.41, 5.74) is 0. The Morgan fingerprint density at radius 2 is 1.80 bits per heavy atom. The van der Waals surface area contributed by atoms with Gasteiger partial charge in [-0.15, -0.1) is 0 Å². The highest BCUT2D eigenvalue weighted by molar-refractivity contribution is 7.94. The quantitative estimate of drug-likeness (QED) is 0.598. The molecule has 0 saturated carbocycles. The lowest BCUT2D eigenvalue weighted by atomic mass is 10.4. The Balaban J connectivity index is 3.09. The van der Waals surface area contributed by atoms with Gasteiger partial charge in [-0.05, 0) is 11.2 Å². The van der Waals surface area contributed by atoms with Gasteiger partial charge in [0.05, 0.1) is 0 Å². The molecule has 1 aromatic rings. The summed E-state index contributed by atoms with van der Waals surface area (Å²) >= 11 is 5.61. The number of benzene rings is 1. The summed E-state index contributed by atoms with van der Waals surface area (Å²) in [4.78, 5) is 0. The van der Waals surface area contributed by atoms with Crippen LogP contribution in [0.5, 0.6) is 0 Å². The first-order valence-corrected chi connectivity index (χ1v) is 5.99. The van der Waals surface area contributed by atoms with Crippen LogP contribution in [0.15, 0.2) is 30.3 Å². The van der Waals surface area contributed by atoms with Gasteiger partial charge in [0.15, 0.2) is 6.49 Å². The summed E-state index contributed by atoms with van der Waals surface area (Å²) < 4.78 is 11.2. The lowest BCUT2D eigenvalue weighted by Gasteiger charge is -2.01. The Hall–Kier alpha value is -0.260. The van der Waals surface area contributed by atoms with Crippen LogP contribution in [0.2, 0.25) is 0 Å². The molecule has 1 rings (SSSR count). The molecule has 0 aliphatic rings. The van der Waals surface area contributed by atoms with Gasteiger partial charge >= 0.3 is 0 Å². The zero-order chi connectivity index (χ0) is 7.61. The van der Waals surface area contributed by atoms with Crippen molar-refractivity contribution < 1.29 is 4.57 Å². The molecule has 0 heterocycles. The van der Waals surface area contributed by atoms with Crippen molar-refractivity contribution in [1.82, 2.24) is 0 Å². The molecule has 0 radical (unpaired) electrons. The smallest absolute Gasteiger partial charge is 0.194 e. The van der Waals surface area contributed by atoms with Gasteiger partial charge in [0, 0.05) is 12.0 Å².